The first-order valence-electron chi connectivity index (χ1n) is 6.66. The molecule has 1 heterocycles. The molecule has 0 saturated carbocycles. The lowest BCUT2D eigenvalue weighted by Crippen LogP contribution is -2.49. The van der Waals surface area contributed by atoms with Crippen molar-refractivity contribution < 1.29 is 14.9 Å². The third-order valence-electron chi connectivity index (χ3n) is 4.25. The van der Waals surface area contributed by atoms with Crippen molar-refractivity contribution in [1.82, 2.24) is 0 Å². The van der Waals surface area contributed by atoms with E-state index < -0.39 is 6.10 Å². The Kier molecular flexibility index (Phi) is 4.61. The minimum atomic E-state index is -0.400. The number of aliphatic hydroxyl groups is 2. The van der Waals surface area contributed by atoms with Gasteiger partial charge >= 0.3 is 0 Å². The van der Waals surface area contributed by atoms with Gasteiger partial charge in [-0.1, -0.05) is 34.6 Å². The van der Waals surface area contributed by atoms with E-state index in [2.05, 4.69) is 0 Å². The van der Waals surface area contributed by atoms with Crippen molar-refractivity contribution in [2.45, 2.75) is 72.4 Å². The van der Waals surface area contributed by atoms with Crippen LogP contribution in [0.15, 0.2) is 0 Å². The summed E-state index contributed by atoms with van der Waals surface area (Å²) in [6.07, 6.45) is -0.138. The molecule has 3 nitrogen and oxygen atoms in total. The molecule has 3 heteroatoms. The molecule has 1 fully saturated rings. The van der Waals surface area contributed by atoms with Crippen molar-refractivity contribution in [3.8, 4) is 0 Å². The van der Waals surface area contributed by atoms with Gasteiger partial charge in [0.25, 0.3) is 0 Å². The Labute approximate surface area is 105 Å². The monoisotopic (exact) mass is 244 g/mol. The van der Waals surface area contributed by atoms with Crippen LogP contribution in [0.3, 0.4) is 0 Å². The van der Waals surface area contributed by atoms with Gasteiger partial charge in [-0.05, 0) is 12.3 Å². The lowest BCUT2D eigenvalue weighted by atomic mass is 9.78. The second-order valence-corrected chi connectivity index (χ2v) is 6.71. The number of rotatable bonds is 2. The summed E-state index contributed by atoms with van der Waals surface area (Å²) in [5, 5.41) is 20.3. The van der Waals surface area contributed by atoms with E-state index in [4.69, 9.17) is 4.74 Å². The second-order valence-electron chi connectivity index (χ2n) is 6.71. The highest BCUT2D eigenvalue weighted by Gasteiger charge is 2.40. The third kappa shape index (κ3) is 3.43. The van der Waals surface area contributed by atoms with Gasteiger partial charge in [0, 0.05) is 18.3 Å². The molecule has 6 atom stereocenters. The number of hydrogen-bond donors (Lipinski definition) is 2. The molecular weight excluding hydrogens is 216 g/mol. The minimum absolute atomic E-state index is 0.0505. The molecule has 0 radical (unpaired) electrons. The molecule has 0 aromatic carbocycles. The Morgan fingerprint density at radius 3 is 2.12 bits per heavy atom. The summed E-state index contributed by atoms with van der Waals surface area (Å²) in [5.74, 6) is 0.242. The second kappa shape index (κ2) is 5.25. The summed E-state index contributed by atoms with van der Waals surface area (Å²) in [6, 6.07) is 0. The SMILES string of the molecule is CC1O[C@@H](C[C@H](O)C(C)(C)C)[C@H](C)[C@H](O)[C@H]1C. The number of ether oxygens (including phenoxy) is 1. The Balaban J connectivity index is 2.66. The van der Waals surface area contributed by atoms with E-state index in [0.29, 0.717) is 6.42 Å². The lowest BCUT2D eigenvalue weighted by Gasteiger charge is -2.43. The highest BCUT2D eigenvalue weighted by atomic mass is 16.5. The first-order valence-corrected chi connectivity index (χ1v) is 6.66. The van der Waals surface area contributed by atoms with Crippen LogP contribution in [-0.2, 0) is 4.74 Å². The van der Waals surface area contributed by atoms with E-state index >= 15 is 0 Å². The van der Waals surface area contributed by atoms with Crippen LogP contribution in [0.2, 0.25) is 0 Å². The molecule has 1 saturated heterocycles. The Morgan fingerprint density at radius 1 is 1.12 bits per heavy atom. The number of hydrogen-bond acceptors (Lipinski definition) is 3. The van der Waals surface area contributed by atoms with Gasteiger partial charge < -0.3 is 14.9 Å². The largest absolute Gasteiger partial charge is 0.392 e. The highest BCUT2D eigenvalue weighted by molar-refractivity contribution is 4.89. The predicted octanol–water partition coefficient (Wildman–Crippen LogP) is 2.20. The van der Waals surface area contributed by atoms with E-state index in [1.807, 2.05) is 41.5 Å². The molecule has 2 N–H and O–H groups in total. The van der Waals surface area contributed by atoms with Crippen LogP contribution in [-0.4, -0.2) is 34.6 Å². The molecule has 0 spiro atoms. The Morgan fingerprint density at radius 2 is 1.65 bits per heavy atom. The molecular formula is C14H28O3. The lowest BCUT2D eigenvalue weighted by molar-refractivity contribution is -0.170. The number of aliphatic hydroxyl groups excluding tert-OH is 2. The topological polar surface area (TPSA) is 49.7 Å². The van der Waals surface area contributed by atoms with Gasteiger partial charge in [-0.25, -0.2) is 0 Å². The van der Waals surface area contributed by atoms with Crippen molar-refractivity contribution in [2.75, 3.05) is 0 Å². The average molecular weight is 244 g/mol. The van der Waals surface area contributed by atoms with Gasteiger partial charge in [0.15, 0.2) is 0 Å². The van der Waals surface area contributed by atoms with Gasteiger partial charge in [-0.2, -0.15) is 0 Å². The normalized spacial score (nSPS) is 41.3. The van der Waals surface area contributed by atoms with Crippen LogP contribution in [0.1, 0.15) is 48.0 Å². The molecule has 17 heavy (non-hydrogen) atoms. The van der Waals surface area contributed by atoms with E-state index in [9.17, 15) is 10.2 Å². The molecule has 102 valence electrons. The molecule has 0 aliphatic carbocycles. The maximum Gasteiger partial charge on any atom is 0.0654 e. The van der Waals surface area contributed by atoms with Crippen molar-refractivity contribution in [3.05, 3.63) is 0 Å². The molecule has 1 rings (SSSR count). The van der Waals surface area contributed by atoms with Crippen molar-refractivity contribution in [2.24, 2.45) is 17.3 Å². The van der Waals surface area contributed by atoms with E-state index in [1.54, 1.807) is 0 Å². The van der Waals surface area contributed by atoms with Crippen LogP contribution in [0.5, 0.6) is 0 Å². The maximum absolute atomic E-state index is 10.1. The fourth-order valence-electron chi connectivity index (χ4n) is 2.34. The molecule has 1 aliphatic heterocycles. The van der Waals surface area contributed by atoms with Crippen LogP contribution in [0.4, 0.5) is 0 Å². The van der Waals surface area contributed by atoms with E-state index in [0.717, 1.165) is 0 Å². The van der Waals surface area contributed by atoms with Crippen molar-refractivity contribution >= 4 is 0 Å². The van der Waals surface area contributed by atoms with Crippen molar-refractivity contribution in [1.29, 1.82) is 0 Å². The predicted molar refractivity (Wildman–Crippen MR) is 68.7 cm³/mol. The van der Waals surface area contributed by atoms with E-state index in [-0.39, 0.29) is 35.6 Å². The summed E-state index contributed by atoms with van der Waals surface area (Å²) in [7, 11) is 0. The van der Waals surface area contributed by atoms with Crippen LogP contribution in [0.25, 0.3) is 0 Å². The quantitative estimate of drug-likeness (QED) is 0.783. The summed E-state index contributed by atoms with van der Waals surface area (Å²) < 4.78 is 5.93. The summed E-state index contributed by atoms with van der Waals surface area (Å²) in [4.78, 5) is 0. The highest BCUT2D eigenvalue weighted by Crippen LogP contribution is 2.34. The summed E-state index contributed by atoms with van der Waals surface area (Å²) >= 11 is 0. The average Bonchev–Trinajstić information content (AvgIpc) is 2.21. The molecule has 1 unspecified atom stereocenters. The molecule has 0 aromatic heterocycles. The first kappa shape index (κ1) is 14.9. The molecule has 0 bridgehead atoms. The molecule has 0 aromatic rings. The fraction of sp³-hybridized carbons (Fsp3) is 1.00. The zero-order chi connectivity index (χ0) is 13.4. The molecule has 0 amide bonds. The third-order valence-corrected chi connectivity index (χ3v) is 4.25. The van der Waals surface area contributed by atoms with Crippen LogP contribution in [0, 0.1) is 17.3 Å². The van der Waals surface area contributed by atoms with Gasteiger partial charge in [0.1, 0.15) is 0 Å². The fourth-order valence-corrected chi connectivity index (χ4v) is 2.34. The maximum atomic E-state index is 10.1. The van der Waals surface area contributed by atoms with Crippen LogP contribution >= 0.6 is 0 Å². The summed E-state index contributed by atoms with van der Waals surface area (Å²) in [5.41, 5.74) is -0.139. The first-order chi connectivity index (χ1) is 7.64. The van der Waals surface area contributed by atoms with Crippen molar-refractivity contribution in [3.63, 3.8) is 0 Å². The van der Waals surface area contributed by atoms with Gasteiger partial charge in [-0.3, -0.25) is 0 Å². The Bertz CT molecular complexity index is 246. The zero-order valence-corrected chi connectivity index (χ0v) is 12.0. The zero-order valence-electron chi connectivity index (χ0n) is 12.0. The van der Waals surface area contributed by atoms with Crippen LogP contribution < -0.4 is 0 Å². The standard InChI is InChI=1S/C14H28O3/c1-8-10(3)17-11(9(2)13(8)16)7-12(15)14(4,5)6/h8-13,15-16H,7H2,1-6H3/t8-,9-,10?,11-,12-,13+/m0/s1. The smallest absolute Gasteiger partial charge is 0.0654 e. The summed E-state index contributed by atoms with van der Waals surface area (Å²) in [6.45, 7) is 12.1. The van der Waals surface area contributed by atoms with E-state index in [1.165, 1.54) is 0 Å². The van der Waals surface area contributed by atoms with Gasteiger partial charge in [-0.15, -0.1) is 0 Å². The molecule has 1 aliphatic rings. The Hall–Kier alpha value is -0.120. The van der Waals surface area contributed by atoms with Gasteiger partial charge in [0.05, 0.1) is 24.4 Å². The minimum Gasteiger partial charge on any atom is -0.392 e. The van der Waals surface area contributed by atoms with Gasteiger partial charge in [0.2, 0.25) is 0 Å².